The Morgan fingerprint density at radius 1 is 1.62 bits per heavy atom. The van der Waals surface area contributed by atoms with Gasteiger partial charge < -0.3 is 14.6 Å². The fourth-order valence-electron chi connectivity index (χ4n) is 2.45. The zero-order chi connectivity index (χ0) is 15.2. The molecule has 0 saturated carbocycles. The van der Waals surface area contributed by atoms with Crippen LogP contribution in [0.4, 0.5) is 0 Å². The van der Waals surface area contributed by atoms with Crippen molar-refractivity contribution in [2.45, 2.75) is 19.0 Å². The zero-order valence-corrected chi connectivity index (χ0v) is 11.9. The lowest BCUT2D eigenvalue weighted by Crippen LogP contribution is -2.45. The van der Waals surface area contributed by atoms with Crippen molar-refractivity contribution in [1.29, 1.82) is 5.26 Å². The number of carboxylic acids is 1. The maximum Gasteiger partial charge on any atom is 0.305 e. The second kappa shape index (κ2) is 7.07. The molecule has 0 radical (unpaired) electrons. The Morgan fingerprint density at radius 3 is 3.10 bits per heavy atom. The van der Waals surface area contributed by atoms with E-state index in [-0.39, 0.29) is 12.5 Å². The summed E-state index contributed by atoms with van der Waals surface area (Å²) in [5.41, 5.74) is 1.48. The van der Waals surface area contributed by atoms with Crippen molar-refractivity contribution in [3.63, 3.8) is 0 Å². The van der Waals surface area contributed by atoms with E-state index in [1.807, 2.05) is 12.1 Å². The van der Waals surface area contributed by atoms with Gasteiger partial charge in [0, 0.05) is 19.1 Å². The van der Waals surface area contributed by atoms with E-state index in [1.165, 1.54) is 7.11 Å². The van der Waals surface area contributed by atoms with Gasteiger partial charge in [0.25, 0.3) is 0 Å². The maximum absolute atomic E-state index is 10.9. The van der Waals surface area contributed by atoms with Gasteiger partial charge in [0.1, 0.15) is 11.8 Å². The quantitative estimate of drug-likeness (QED) is 0.878. The number of carbonyl (C=O) groups is 1. The van der Waals surface area contributed by atoms with Crippen LogP contribution in [0.2, 0.25) is 0 Å². The van der Waals surface area contributed by atoms with Crippen LogP contribution in [-0.2, 0) is 16.1 Å². The molecule has 0 aromatic heterocycles. The maximum atomic E-state index is 10.9. The number of morpholine rings is 1. The van der Waals surface area contributed by atoms with Gasteiger partial charge in [0.2, 0.25) is 0 Å². The number of rotatable bonds is 5. The first-order valence-corrected chi connectivity index (χ1v) is 6.74. The Balaban J connectivity index is 2.12. The normalized spacial score (nSPS) is 19.0. The second-order valence-electron chi connectivity index (χ2n) is 4.94. The number of benzene rings is 1. The van der Waals surface area contributed by atoms with Crippen molar-refractivity contribution in [2.75, 3.05) is 26.9 Å². The monoisotopic (exact) mass is 290 g/mol. The molecule has 0 aliphatic carbocycles. The van der Waals surface area contributed by atoms with Gasteiger partial charge in [-0.2, -0.15) is 5.26 Å². The Bertz CT molecular complexity index is 553. The third-order valence-electron chi connectivity index (χ3n) is 3.53. The second-order valence-corrected chi connectivity index (χ2v) is 4.94. The van der Waals surface area contributed by atoms with E-state index in [2.05, 4.69) is 11.0 Å². The molecule has 1 aromatic carbocycles. The molecule has 1 saturated heterocycles. The Kier molecular flexibility index (Phi) is 5.14. The number of nitrogens with zero attached hydrogens (tertiary/aromatic N) is 2. The third kappa shape index (κ3) is 3.94. The summed E-state index contributed by atoms with van der Waals surface area (Å²) in [7, 11) is 1.53. The Morgan fingerprint density at radius 2 is 2.43 bits per heavy atom. The summed E-state index contributed by atoms with van der Waals surface area (Å²) < 4.78 is 10.6. The third-order valence-corrected chi connectivity index (χ3v) is 3.53. The van der Waals surface area contributed by atoms with Crippen molar-refractivity contribution in [1.82, 2.24) is 4.90 Å². The summed E-state index contributed by atoms with van der Waals surface area (Å²) in [6.45, 7) is 2.34. The highest BCUT2D eigenvalue weighted by molar-refractivity contribution is 5.67. The van der Waals surface area contributed by atoms with Gasteiger partial charge in [-0.15, -0.1) is 0 Å². The van der Waals surface area contributed by atoms with Crippen LogP contribution in [0.15, 0.2) is 18.2 Å². The van der Waals surface area contributed by atoms with Crippen LogP contribution in [0.3, 0.4) is 0 Å². The molecule has 2 rings (SSSR count). The first-order valence-electron chi connectivity index (χ1n) is 6.74. The van der Waals surface area contributed by atoms with E-state index in [0.717, 1.165) is 5.56 Å². The molecule has 1 unspecified atom stereocenters. The fourth-order valence-corrected chi connectivity index (χ4v) is 2.45. The van der Waals surface area contributed by atoms with E-state index in [9.17, 15) is 4.79 Å². The van der Waals surface area contributed by atoms with Gasteiger partial charge in [-0.05, 0) is 17.7 Å². The molecule has 1 aliphatic rings. The van der Waals surface area contributed by atoms with Crippen LogP contribution in [0, 0.1) is 11.3 Å². The lowest BCUT2D eigenvalue weighted by atomic mass is 10.1. The molecular weight excluding hydrogens is 272 g/mol. The summed E-state index contributed by atoms with van der Waals surface area (Å²) in [5.74, 6) is -0.286. The molecule has 1 aromatic rings. The molecular formula is C15H18N2O4. The predicted molar refractivity (Wildman–Crippen MR) is 75.0 cm³/mol. The van der Waals surface area contributed by atoms with E-state index >= 15 is 0 Å². The van der Waals surface area contributed by atoms with Crippen molar-refractivity contribution in [2.24, 2.45) is 0 Å². The van der Waals surface area contributed by atoms with Gasteiger partial charge in [-0.25, -0.2) is 0 Å². The van der Waals surface area contributed by atoms with Crippen molar-refractivity contribution in [3.05, 3.63) is 29.3 Å². The number of ether oxygens (including phenoxy) is 2. The van der Waals surface area contributed by atoms with Gasteiger partial charge in [-0.1, -0.05) is 6.07 Å². The minimum Gasteiger partial charge on any atom is -0.495 e. The van der Waals surface area contributed by atoms with E-state index in [0.29, 0.717) is 37.6 Å². The molecule has 1 atom stereocenters. The highest BCUT2D eigenvalue weighted by atomic mass is 16.5. The highest BCUT2D eigenvalue weighted by Crippen LogP contribution is 2.22. The van der Waals surface area contributed by atoms with Crippen LogP contribution in [-0.4, -0.2) is 48.9 Å². The lowest BCUT2D eigenvalue weighted by molar-refractivity contribution is -0.140. The first kappa shape index (κ1) is 15.3. The van der Waals surface area contributed by atoms with Crippen LogP contribution >= 0.6 is 0 Å². The van der Waals surface area contributed by atoms with Gasteiger partial charge in [-0.3, -0.25) is 9.69 Å². The molecule has 1 aliphatic heterocycles. The van der Waals surface area contributed by atoms with Crippen LogP contribution in [0.1, 0.15) is 17.5 Å². The lowest BCUT2D eigenvalue weighted by Gasteiger charge is -2.34. The smallest absolute Gasteiger partial charge is 0.305 e. The molecule has 21 heavy (non-hydrogen) atoms. The standard InChI is InChI=1S/C15H18N2O4/c1-20-14-6-11(2-3-12(14)8-16)9-17-4-5-21-10-13(17)7-15(18)19/h2-3,6,13H,4-5,7,9-10H2,1H3,(H,18,19). The van der Waals surface area contributed by atoms with Crippen LogP contribution in [0.5, 0.6) is 5.75 Å². The molecule has 0 spiro atoms. The molecule has 6 nitrogen and oxygen atoms in total. The van der Waals surface area contributed by atoms with E-state index < -0.39 is 5.97 Å². The topological polar surface area (TPSA) is 82.8 Å². The summed E-state index contributed by atoms with van der Waals surface area (Å²) in [5, 5.41) is 17.9. The van der Waals surface area contributed by atoms with E-state index in [4.69, 9.17) is 19.8 Å². The molecule has 1 N–H and O–H groups in total. The summed E-state index contributed by atoms with van der Waals surface area (Å²) >= 11 is 0. The van der Waals surface area contributed by atoms with Gasteiger partial charge in [0.05, 0.1) is 32.3 Å². The number of methoxy groups -OCH3 is 1. The highest BCUT2D eigenvalue weighted by Gasteiger charge is 2.25. The Labute approximate surface area is 123 Å². The molecule has 0 amide bonds. The molecule has 1 heterocycles. The average molecular weight is 290 g/mol. The van der Waals surface area contributed by atoms with Crippen molar-refractivity contribution < 1.29 is 19.4 Å². The van der Waals surface area contributed by atoms with Crippen LogP contribution in [0.25, 0.3) is 0 Å². The number of carboxylic acid groups (broad SMARTS) is 1. The Hall–Kier alpha value is -2.10. The molecule has 112 valence electrons. The van der Waals surface area contributed by atoms with Crippen LogP contribution < -0.4 is 4.74 Å². The zero-order valence-electron chi connectivity index (χ0n) is 11.9. The van der Waals surface area contributed by atoms with E-state index in [1.54, 1.807) is 6.07 Å². The summed E-state index contributed by atoms with van der Waals surface area (Å²) in [4.78, 5) is 13.0. The van der Waals surface area contributed by atoms with Crippen molar-refractivity contribution in [3.8, 4) is 11.8 Å². The molecule has 0 bridgehead atoms. The number of aliphatic carboxylic acids is 1. The largest absolute Gasteiger partial charge is 0.495 e. The SMILES string of the molecule is COc1cc(CN2CCOCC2CC(=O)O)ccc1C#N. The number of hydrogen-bond donors (Lipinski definition) is 1. The first-order chi connectivity index (χ1) is 10.1. The fraction of sp³-hybridized carbons (Fsp3) is 0.467. The van der Waals surface area contributed by atoms with Crippen molar-refractivity contribution >= 4 is 5.97 Å². The number of hydrogen-bond acceptors (Lipinski definition) is 5. The summed E-state index contributed by atoms with van der Waals surface area (Å²) in [6.07, 6.45) is 0.0629. The number of nitriles is 1. The predicted octanol–water partition coefficient (Wildman–Crippen LogP) is 1.24. The molecule has 1 fully saturated rings. The molecule has 6 heteroatoms. The van der Waals surface area contributed by atoms with Gasteiger partial charge in [0.15, 0.2) is 0 Å². The minimum absolute atomic E-state index is 0.0629. The summed E-state index contributed by atoms with van der Waals surface area (Å²) in [6, 6.07) is 7.37. The minimum atomic E-state index is -0.826. The van der Waals surface area contributed by atoms with Gasteiger partial charge >= 0.3 is 5.97 Å². The average Bonchev–Trinajstić information content (AvgIpc) is 2.48.